The number of halogens is 2. The van der Waals surface area contributed by atoms with E-state index in [1.807, 2.05) is 60.9 Å². The van der Waals surface area contributed by atoms with Crippen LogP contribution in [0, 0.1) is 5.92 Å². The number of nitrogens with one attached hydrogen (secondary N) is 1. The van der Waals surface area contributed by atoms with Gasteiger partial charge in [-0.25, -0.2) is 5.01 Å². The molecule has 7 heteroatoms. The summed E-state index contributed by atoms with van der Waals surface area (Å²) in [5, 5.41) is 8.48. The lowest BCUT2D eigenvalue weighted by atomic mass is 10.1. The van der Waals surface area contributed by atoms with Crippen molar-refractivity contribution in [2.75, 3.05) is 29.7 Å². The third-order valence-electron chi connectivity index (χ3n) is 5.29. The van der Waals surface area contributed by atoms with Gasteiger partial charge in [0.05, 0.1) is 16.6 Å². The molecule has 1 heterocycles. The highest BCUT2D eigenvalue weighted by molar-refractivity contribution is 7.98. The number of nitrogens with zero attached hydrogens (tertiary/aromatic N) is 2. The topological polar surface area (TPSA) is 35.6 Å². The minimum atomic E-state index is -0.198. The first-order valence-electron chi connectivity index (χ1n) is 10.00. The maximum atomic E-state index is 13.1. The summed E-state index contributed by atoms with van der Waals surface area (Å²) in [7, 11) is 0. The van der Waals surface area contributed by atoms with E-state index in [9.17, 15) is 4.79 Å². The Morgan fingerprint density at radius 2 is 1.77 bits per heavy atom. The molecule has 4 rings (SSSR count). The van der Waals surface area contributed by atoms with Crippen LogP contribution in [0.2, 0.25) is 10.0 Å². The number of hydrogen-bond acceptors (Lipinski definition) is 4. The number of amides is 1. The van der Waals surface area contributed by atoms with Crippen LogP contribution in [-0.4, -0.2) is 30.3 Å². The van der Waals surface area contributed by atoms with Gasteiger partial charge in [-0.2, -0.15) is 0 Å². The highest BCUT2D eigenvalue weighted by Crippen LogP contribution is 2.34. The fourth-order valence-corrected chi connectivity index (χ4v) is 4.62. The van der Waals surface area contributed by atoms with Gasteiger partial charge in [0.25, 0.3) is 0 Å². The van der Waals surface area contributed by atoms with E-state index in [1.54, 1.807) is 17.8 Å². The number of carbonyl (C=O) groups excluding carboxylic acids is 1. The highest BCUT2D eigenvalue weighted by atomic mass is 35.5. The van der Waals surface area contributed by atoms with Crippen molar-refractivity contribution in [2.24, 2.45) is 5.92 Å². The Kier molecular flexibility index (Phi) is 7.08. The van der Waals surface area contributed by atoms with Crippen molar-refractivity contribution in [3.05, 3.63) is 88.4 Å². The van der Waals surface area contributed by atoms with Crippen LogP contribution in [0.3, 0.4) is 0 Å². The summed E-state index contributed by atoms with van der Waals surface area (Å²) < 4.78 is 0. The van der Waals surface area contributed by atoms with Crippen LogP contribution in [0.25, 0.3) is 0 Å². The Labute approximate surface area is 197 Å². The molecule has 0 aromatic heterocycles. The van der Waals surface area contributed by atoms with Crippen LogP contribution in [0.4, 0.5) is 11.4 Å². The van der Waals surface area contributed by atoms with Crippen molar-refractivity contribution in [2.45, 2.75) is 11.4 Å². The largest absolute Gasteiger partial charge is 0.326 e. The molecular weight excluding hydrogens is 449 g/mol. The molecule has 1 N–H and O–H groups in total. The van der Waals surface area contributed by atoms with Crippen molar-refractivity contribution in [1.29, 1.82) is 0 Å². The maximum Gasteiger partial charge on any atom is 0.230 e. The van der Waals surface area contributed by atoms with E-state index in [0.29, 0.717) is 29.7 Å². The molecule has 1 fully saturated rings. The maximum absolute atomic E-state index is 13.1. The minimum absolute atomic E-state index is 0.00236. The van der Waals surface area contributed by atoms with E-state index < -0.39 is 0 Å². The average Bonchev–Trinajstić information content (AvgIpc) is 3.18. The molecule has 1 aliphatic heterocycles. The summed E-state index contributed by atoms with van der Waals surface area (Å²) in [4.78, 5) is 14.2. The van der Waals surface area contributed by atoms with Gasteiger partial charge < -0.3 is 10.3 Å². The van der Waals surface area contributed by atoms with Crippen LogP contribution < -0.4 is 10.3 Å². The third kappa shape index (κ3) is 5.36. The lowest BCUT2D eigenvalue weighted by Gasteiger charge is -2.30. The molecule has 160 valence electrons. The molecule has 4 nitrogen and oxygen atoms in total. The molecule has 3 aromatic carbocycles. The first kappa shape index (κ1) is 22.0. The molecule has 1 unspecified atom stereocenters. The fourth-order valence-electron chi connectivity index (χ4n) is 3.70. The van der Waals surface area contributed by atoms with Crippen molar-refractivity contribution in [3.63, 3.8) is 0 Å². The Morgan fingerprint density at radius 3 is 2.45 bits per heavy atom. The Hall–Kier alpha value is -2.18. The summed E-state index contributed by atoms with van der Waals surface area (Å²) in [6, 6.07) is 23.6. The van der Waals surface area contributed by atoms with Gasteiger partial charge >= 0.3 is 0 Å². The highest BCUT2D eigenvalue weighted by Gasteiger charge is 2.35. The molecule has 1 aliphatic rings. The normalized spacial score (nSPS) is 16.5. The fraction of sp³-hybridized carbons (Fsp3) is 0.208. The Morgan fingerprint density at radius 1 is 1.03 bits per heavy atom. The van der Waals surface area contributed by atoms with Crippen molar-refractivity contribution in [3.8, 4) is 0 Å². The molecule has 31 heavy (non-hydrogen) atoms. The molecule has 0 radical (unpaired) electrons. The zero-order valence-electron chi connectivity index (χ0n) is 17.1. The Bertz CT molecular complexity index is 1050. The van der Waals surface area contributed by atoms with Gasteiger partial charge in [-0.15, -0.1) is 11.8 Å². The second-order valence-electron chi connectivity index (χ2n) is 7.43. The summed E-state index contributed by atoms with van der Waals surface area (Å²) in [6.45, 7) is 1.83. The van der Waals surface area contributed by atoms with Crippen LogP contribution >= 0.6 is 35.0 Å². The van der Waals surface area contributed by atoms with Crippen molar-refractivity contribution in [1.82, 2.24) is 5.01 Å². The van der Waals surface area contributed by atoms with Crippen LogP contribution in [0.1, 0.15) is 5.56 Å². The molecule has 0 bridgehead atoms. The molecule has 0 aliphatic carbocycles. The van der Waals surface area contributed by atoms with Gasteiger partial charge in [0, 0.05) is 35.2 Å². The number of benzene rings is 3. The smallest absolute Gasteiger partial charge is 0.230 e. The average molecular weight is 472 g/mol. The van der Waals surface area contributed by atoms with Gasteiger partial charge in [0.2, 0.25) is 5.91 Å². The van der Waals surface area contributed by atoms with E-state index in [4.69, 9.17) is 23.2 Å². The number of carbonyl (C=O) groups is 1. The van der Waals surface area contributed by atoms with Crippen LogP contribution in [0.15, 0.2) is 77.7 Å². The molecular formula is C24H23Cl2N3OS. The number of hydrazine groups is 1. The summed E-state index contributed by atoms with van der Waals surface area (Å²) in [6.07, 6.45) is 2.03. The minimum Gasteiger partial charge on any atom is -0.326 e. The zero-order chi connectivity index (χ0) is 21.8. The molecule has 1 saturated heterocycles. The van der Waals surface area contributed by atoms with Gasteiger partial charge in [-0.3, -0.25) is 4.79 Å². The number of hydrogen-bond donors (Lipinski definition) is 1. The van der Waals surface area contributed by atoms with Crippen molar-refractivity contribution < 1.29 is 4.79 Å². The van der Waals surface area contributed by atoms with Gasteiger partial charge in [0.1, 0.15) is 0 Å². The van der Waals surface area contributed by atoms with Gasteiger partial charge in [0.15, 0.2) is 0 Å². The van der Waals surface area contributed by atoms with Crippen LogP contribution in [0.5, 0.6) is 0 Å². The zero-order valence-corrected chi connectivity index (χ0v) is 19.4. The summed E-state index contributed by atoms with van der Waals surface area (Å²) in [5.74, 6) is -0.196. The molecule has 1 amide bonds. The summed E-state index contributed by atoms with van der Waals surface area (Å²) >= 11 is 14.3. The molecule has 3 aromatic rings. The SMILES string of the molecule is CSc1ccc(NC(=O)C2CN(Cc3ccccc3)N(c3ccc(Cl)cc3Cl)C2)cc1. The third-order valence-corrected chi connectivity index (χ3v) is 6.57. The second kappa shape index (κ2) is 9.96. The van der Waals surface area contributed by atoms with E-state index in [0.717, 1.165) is 16.3 Å². The van der Waals surface area contributed by atoms with E-state index in [-0.39, 0.29) is 11.8 Å². The predicted octanol–water partition coefficient (Wildman–Crippen LogP) is 6.21. The quantitative estimate of drug-likeness (QED) is 0.433. The lowest BCUT2D eigenvalue weighted by Crippen LogP contribution is -2.36. The first-order chi connectivity index (χ1) is 15.0. The summed E-state index contributed by atoms with van der Waals surface area (Å²) in [5.41, 5.74) is 2.83. The Balaban J connectivity index is 1.54. The molecule has 1 atom stereocenters. The van der Waals surface area contributed by atoms with E-state index >= 15 is 0 Å². The van der Waals surface area contributed by atoms with Gasteiger partial charge in [-0.05, 0) is 54.3 Å². The first-order valence-corrected chi connectivity index (χ1v) is 12.0. The molecule has 0 spiro atoms. The predicted molar refractivity (Wildman–Crippen MR) is 131 cm³/mol. The lowest BCUT2D eigenvalue weighted by molar-refractivity contribution is -0.119. The standard InChI is InChI=1S/C24H23Cl2N3OS/c1-31-21-10-8-20(9-11-21)27-24(30)18-15-28(14-17-5-3-2-4-6-17)29(16-18)23-12-7-19(25)13-22(23)26/h2-13,18H,14-16H2,1H3,(H,27,30). The van der Waals surface area contributed by atoms with Crippen molar-refractivity contribution >= 4 is 52.2 Å². The number of rotatable bonds is 6. The number of thioether (sulfide) groups is 1. The second-order valence-corrected chi connectivity index (χ2v) is 9.15. The monoisotopic (exact) mass is 471 g/mol. The number of anilines is 2. The molecule has 0 saturated carbocycles. The van der Waals surface area contributed by atoms with Gasteiger partial charge in [-0.1, -0.05) is 53.5 Å². The van der Waals surface area contributed by atoms with Crippen LogP contribution in [-0.2, 0) is 11.3 Å². The van der Waals surface area contributed by atoms with E-state index in [2.05, 4.69) is 27.5 Å². The van der Waals surface area contributed by atoms with E-state index in [1.165, 1.54) is 5.56 Å².